The third-order valence-corrected chi connectivity index (χ3v) is 7.45. The van der Waals surface area contributed by atoms with Crippen LogP contribution in [0.1, 0.15) is 24.1 Å². The second kappa shape index (κ2) is 9.66. The predicted molar refractivity (Wildman–Crippen MR) is 134 cm³/mol. The van der Waals surface area contributed by atoms with E-state index < -0.39 is 0 Å². The lowest BCUT2D eigenvalue weighted by molar-refractivity contribution is -0.117. The summed E-state index contributed by atoms with van der Waals surface area (Å²) in [6.07, 6.45) is 4.94. The van der Waals surface area contributed by atoms with E-state index in [2.05, 4.69) is 25.8 Å². The largest absolute Gasteiger partial charge is 0.355 e. The first kappa shape index (κ1) is 22.1. The first-order valence-corrected chi connectivity index (χ1v) is 12.8. The molecule has 3 N–H and O–H groups in total. The second-order valence-electron chi connectivity index (χ2n) is 8.41. The van der Waals surface area contributed by atoms with Crippen LogP contribution in [0.3, 0.4) is 0 Å². The van der Waals surface area contributed by atoms with E-state index in [0.717, 1.165) is 64.6 Å². The third kappa shape index (κ3) is 5.63. The van der Waals surface area contributed by atoms with Gasteiger partial charge in [0.15, 0.2) is 10.3 Å². The van der Waals surface area contributed by atoms with Gasteiger partial charge in [-0.15, -0.1) is 11.3 Å². The van der Waals surface area contributed by atoms with Crippen LogP contribution < -0.4 is 20.9 Å². The quantitative estimate of drug-likeness (QED) is 0.410. The molecule has 0 radical (unpaired) electrons. The Balaban J connectivity index is 1.35. The van der Waals surface area contributed by atoms with E-state index in [1.165, 1.54) is 11.8 Å². The number of benzene rings is 1. The number of carbonyl (C=O) groups excluding carboxylic acids is 1. The molecule has 33 heavy (non-hydrogen) atoms. The Morgan fingerprint density at radius 2 is 2.00 bits per heavy atom. The van der Waals surface area contributed by atoms with Gasteiger partial charge in [-0.25, -0.2) is 15.0 Å². The minimum atomic E-state index is 0.116. The molecule has 0 bridgehead atoms. The molecule has 3 aromatic rings. The summed E-state index contributed by atoms with van der Waals surface area (Å²) in [5, 5.41) is 11.2. The Hall–Kier alpha value is -2.69. The molecule has 0 spiro atoms. The van der Waals surface area contributed by atoms with Crippen molar-refractivity contribution >= 4 is 51.5 Å². The van der Waals surface area contributed by atoms with Crippen LogP contribution in [-0.4, -0.2) is 47.0 Å². The number of rotatable bonds is 8. The first-order chi connectivity index (χ1) is 16.1. The minimum Gasteiger partial charge on any atom is -0.355 e. The van der Waals surface area contributed by atoms with Gasteiger partial charge in [-0.3, -0.25) is 4.79 Å². The molecular formula is C23H27N7OS2. The Labute approximate surface area is 201 Å². The van der Waals surface area contributed by atoms with E-state index in [4.69, 9.17) is 9.97 Å². The van der Waals surface area contributed by atoms with E-state index in [-0.39, 0.29) is 11.8 Å². The zero-order valence-electron chi connectivity index (χ0n) is 18.7. The molecule has 1 saturated heterocycles. The molecule has 1 aliphatic carbocycles. The van der Waals surface area contributed by atoms with Crippen LogP contribution in [-0.2, 0) is 4.79 Å². The molecule has 1 saturated carbocycles. The molecule has 2 aliphatic rings. The van der Waals surface area contributed by atoms with E-state index in [9.17, 15) is 4.79 Å². The third-order valence-electron chi connectivity index (χ3n) is 5.75. The molecule has 1 aliphatic heterocycles. The number of nitrogens with zero attached hydrogens (tertiary/aromatic N) is 4. The van der Waals surface area contributed by atoms with Gasteiger partial charge in [0.1, 0.15) is 11.6 Å². The lowest BCUT2D eigenvalue weighted by Crippen LogP contribution is -2.30. The maximum Gasteiger partial charge on any atom is 0.227 e. The fourth-order valence-corrected chi connectivity index (χ4v) is 5.15. The minimum absolute atomic E-state index is 0.116. The lowest BCUT2D eigenvalue weighted by atomic mass is 10.3. The molecule has 2 aromatic heterocycles. The van der Waals surface area contributed by atoms with Gasteiger partial charge < -0.3 is 20.9 Å². The van der Waals surface area contributed by atoms with Crippen LogP contribution in [0.25, 0.3) is 0 Å². The van der Waals surface area contributed by atoms with Gasteiger partial charge in [0.05, 0.1) is 0 Å². The number of aryl methyl sites for hydroxylation is 1. The van der Waals surface area contributed by atoms with Crippen molar-refractivity contribution in [3.63, 3.8) is 0 Å². The number of aromatic nitrogens is 3. The Morgan fingerprint density at radius 1 is 1.18 bits per heavy atom. The molecular weight excluding hydrogens is 454 g/mol. The highest BCUT2D eigenvalue weighted by atomic mass is 32.2. The molecule has 1 aromatic carbocycles. The average Bonchev–Trinajstić information content (AvgIpc) is 3.42. The van der Waals surface area contributed by atoms with Crippen molar-refractivity contribution in [1.29, 1.82) is 0 Å². The van der Waals surface area contributed by atoms with Gasteiger partial charge in [0, 0.05) is 52.8 Å². The molecule has 2 fully saturated rings. The predicted octanol–water partition coefficient (Wildman–Crippen LogP) is 4.28. The van der Waals surface area contributed by atoms with Gasteiger partial charge >= 0.3 is 0 Å². The van der Waals surface area contributed by atoms with E-state index in [1.807, 2.05) is 50.5 Å². The summed E-state index contributed by atoms with van der Waals surface area (Å²) < 4.78 is 0. The Bertz CT molecular complexity index is 1130. The summed E-state index contributed by atoms with van der Waals surface area (Å²) in [5.74, 6) is 1.95. The van der Waals surface area contributed by atoms with Crippen molar-refractivity contribution in [3.05, 3.63) is 41.4 Å². The molecule has 1 atom stereocenters. The molecule has 1 amide bonds. The fraction of sp³-hybridized carbons (Fsp3) is 0.391. The van der Waals surface area contributed by atoms with Crippen molar-refractivity contribution in [3.8, 4) is 0 Å². The van der Waals surface area contributed by atoms with Gasteiger partial charge in [-0.1, -0.05) is 0 Å². The number of likely N-dealkylation sites (N-methyl/N-ethyl adjacent to an activating group) is 1. The van der Waals surface area contributed by atoms with E-state index in [0.29, 0.717) is 11.2 Å². The lowest BCUT2D eigenvalue weighted by Gasteiger charge is -2.19. The van der Waals surface area contributed by atoms with Crippen LogP contribution in [0.4, 0.5) is 22.5 Å². The zero-order chi connectivity index (χ0) is 22.8. The summed E-state index contributed by atoms with van der Waals surface area (Å²) in [7, 11) is 2.00. The summed E-state index contributed by atoms with van der Waals surface area (Å²) >= 11 is 3.11. The van der Waals surface area contributed by atoms with Gasteiger partial charge in [0.25, 0.3) is 0 Å². The fourth-order valence-electron chi connectivity index (χ4n) is 3.71. The van der Waals surface area contributed by atoms with Gasteiger partial charge in [-0.05, 0) is 69.3 Å². The van der Waals surface area contributed by atoms with Crippen molar-refractivity contribution in [2.75, 3.05) is 35.7 Å². The van der Waals surface area contributed by atoms with Crippen LogP contribution in [0, 0.1) is 12.8 Å². The molecule has 3 heterocycles. The molecule has 0 unspecified atom stereocenters. The van der Waals surface area contributed by atoms with E-state index >= 15 is 0 Å². The number of anilines is 4. The molecule has 8 nitrogen and oxygen atoms in total. The van der Waals surface area contributed by atoms with Crippen LogP contribution in [0.5, 0.6) is 0 Å². The normalized spacial score (nSPS) is 17.9. The Morgan fingerprint density at radius 3 is 2.67 bits per heavy atom. The number of hydrogen-bond donors (Lipinski definition) is 3. The summed E-state index contributed by atoms with van der Waals surface area (Å²) in [6.45, 7) is 3.91. The summed E-state index contributed by atoms with van der Waals surface area (Å²) in [5.41, 5.74) is 0.822. The highest BCUT2D eigenvalue weighted by Crippen LogP contribution is 2.33. The second-order valence-corrected chi connectivity index (χ2v) is 10.7. The first-order valence-electron chi connectivity index (χ1n) is 11.2. The number of nitrogens with one attached hydrogen (secondary N) is 3. The van der Waals surface area contributed by atoms with Gasteiger partial charge in [-0.2, -0.15) is 0 Å². The van der Waals surface area contributed by atoms with Crippen molar-refractivity contribution < 1.29 is 4.79 Å². The Kier molecular flexibility index (Phi) is 6.48. The number of hydrogen-bond acceptors (Lipinski definition) is 9. The van der Waals surface area contributed by atoms with Crippen LogP contribution >= 0.6 is 23.1 Å². The van der Waals surface area contributed by atoms with Gasteiger partial charge in [0.2, 0.25) is 5.91 Å². The SMILES string of the molecule is CN[C@H]1CCN(c2cc(Nc3ncc(C)s3)nc(Sc3ccc(NC(=O)C4CC4)cc3)n2)C1. The van der Waals surface area contributed by atoms with E-state index in [1.54, 1.807) is 11.3 Å². The number of carbonyl (C=O) groups is 1. The topological polar surface area (TPSA) is 95.1 Å². The maximum atomic E-state index is 12.0. The van der Waals surface area contributed by atoms with Crippen molar-refractivity contribution in [2.45, 2.75) is 42.3 Å². The highest BCUT2D eigenvalue weighted by molar-refractivity contribution is 7.99. The standard InChI is InChI=1S/C23H27N7OS2/c1-14-12-25-22(32-14)27-19-11-20(30-10-9-17(13-30)24-2)29-23(28-19)33-18-7-5-16(6-8-18)26-21(31)15-3-4-15/h5-8,11-12,15,17,24H,3-4,9-10,13H2,1-2H3,(H,26,31)(H,25,27,28,29)/t17-/m0/s1. The summed E-state index contributed by atoms with van der Waals surface area (Å²) in [6, 6.07) is 10.3. The van der Waals surface area contributed by atoms with Crippen molar-refractivity contribution in [1.82, 2.24) is 20.3 Å². The summed E-state index contributed by atoms with van der Waals surface area (Å²) in [4.78, 5) is 30.4. The van der Waals surface area contributed by atoms with Crippen LogP contribution in [0.15, 0.2) is 46.6 Å². The smallest absolute Gasteiger partial charge is 0.227 e. The molecule has 10 heteroatoms. The molecule has 5 rings (SSSR count). The maximum absolute atomic E-state index is 12.0. The van der Waals surface area contributed by atoms with Crippen LogP contribution in [0.2, 0.25) is 0 Å². The molecule has 172 valence electrons. The average molecular weight is 482 g/mol. The highest BCUT2D eigenvalue weighted by Gasteiger charge is 2.29. The number of thiazole rings is 1. The van der Waals surface area contributed by atoms with Crippen molar-refractivity contribution in [2.24, 2.45) is 5.92 Å². The number of amides is 1. The zero-order valence-corrected chi connectivity index (χ0v) is 20.3. The monoisotopic (exact) mass is 481 g/mol.